The van der Waals surface area contributed by atoms with Crippen molar-refractivity contribution in [3.8, 4) is 0 Å². The molecule has 0 aromatic rings. The van der Waals surface area contributed by atoms with Crippen molar-refractivity contribution in [1.29, 1.82) is 0 Å². The number of carboxylic acids is 1. The van der Waals surface area contributed by atoms with Gasteiger partial charge in [-0.15, -0.1) is 0 Å². The van der Waals surface area contributed by atoms with Gasteiger partial charge in [0.25, 0.3) is 0 Å². The average molecular weight is 2010 g/mol. The SMILES string of the molecule is CC(=O)OC(C)(C)C.CCC(C)(C)C(=O)O.CCC(C)(C)C(=O)OC1(CC)C2CC3CC(C2)CC1C3.CCC(C)(C)C(=O)OC12CC3CC(CC(O)(C3)C1)C2.CCC(C)(C)C(=O)OC12CC3CC(O)(CC(O)(C3)C1)C2.CCC(C)(C)C(=O)OC1CC2CC1C1C3CCC(C3)C21.CCC(C)(C)C(=O)OC1CCOC1=O.CCC(C)C(=O)OC1C2CC3C(=O)OC1C3C2.CCC(C)C(=O)OC1C2CC3C(=O)OC1C3C2. The van der Waals surface area contributed by atoms with Gasteiger partial charge in [-0.3, -0.25) is 52.7 Å². The van der Waals surface area contributed by atoms with E-state index in [-0.39, 0.29) is 147 Å². The predicted octanol–water partition coefficient (Wildman–Crippen LogP) is 21.0. The minimum Gasteiger partial charge on any atom is -0.481 e. The molecule has 812 valence electrons. The van der Waals surface area contributed by atoms with E-state index in [0.717, 1.165) is 157 Å². The Morgan fingerprint density at radius 1 is 0.385 bits per heavy atom. The Labute approximate surface area is 854 Å². The molecule has 3 saturated heterocycles. The second kappa shape index (κ2) is 43.8. The van der Waals surface area contributed by atoms with Gasteiger partial charge in [0.05, 0.1) is 79.6 Å². The van der Waals surface area contributed by atoms with Crippen LogP contribution >= 0.6 is 0 Å². The van der Waals surface area contributed by atoms with Gasteiger partial charge in [-0.05, 0) is 380 Å². The van der Waals surface area contributed by atoms with Crippen LogP contribution in [0.15, 0.2) is 0 Å². The molecule has 27 nitrogen and oxygen atoms in total. The predicted molar refractivity (Wildman–Crippen MR) is 535 cm³/mol. The Morgan fingerprint density at radius 2 is 0.776 bits per heavy atom. The zero-order valence-electron chi connectivity index (χ0n) is 92.4. The van der Waals surface area contributed by atoms with E-state index in [9.17, 15) is 72.9 Å². The van der Waals surface area contributed by atoms with Crippen LogP contribution in [-0.4, -0.2) is 174 Å². The molecule has 20 bridgehead atoms. The number of aliphatic carboxylic acids is 1. The molecule has 0 radical (unpaired) electrons. The van der Waals surface area contributed by atoms with Crippen molar-refractivity contribution < 1.29 is 130 Å². The van der Waals surface area contributed by atoms with Crippen molar-refractivity contribution >= 4 is 71.6 Å². The third-order valence-electron chi connectivity index (χ3n) is 39.4. The Kier molecular flexibility index (Phi) is 35.3. The van der Waals surface area contributed by atoms with Crippen LogP contribution in [0.5, 0.6) is 0 Å². The summed E-state index contributed by atoms with van der Waals surface area (Å²) in [7, 11) is 0. The van der Waals surface area contributed by atoms with Gasteiger partial charge in [-0.2, -0.15) is 0 Å². The molecule has 20 saturated carbocycles. The van der Waals surface area contributed by atoms with E-state index < -0.39 is 62.1 Å². The van der Waals surface area contributed by atoms with Crippen molar-refractivity contribution in [3.05, 3.63) is 0 Å². The van der Waals surface area contributed by atoms with E-state index in [1.54, 1.807) is 27.7 Å². The highest BCUT2D eigenvalue weighted by atomic mass is 16.6. The Hall–Kier alpha value is -6.48. The van der Waals surface area contributed by atoms with Gasteiger partial charge in [0.1, 0.15) is 52.9 Å². The highest BCUT2D eigenvalue weighted by molar-refractivity contribution is 5.83. The number of carbonyl (C=O) groups excluding carboxylic acids is 11. The number of carboxylic acid groups (broad SMARTS) is 1. The lowest BCUT2D eigenvalue weighted by Gasteiger charge is -2.62. The molecule has 3 heterocycles. The first-order valence-corrected chi connectivity index (χ1v) is 56.1. The highest BCUT2D eigenvalue weighted by Crippen LogP contribution is 2.69. The number of hydrogen-bond donors (Lipinski definition) is 4. The van der Waals surface area contributed by atoms with Gasteiger partial charge in [0.15, 0.2) is 0 Å². The smallest absolute Gasteiger partial charge is 0.347 e. The lowest BCUT2D eigenvalue weighted by molar-refractivity contribution is -0.264. The first-order chi connectivity index (χ1) is 66.4. The van der Waals surface area contributed by atoms with Crippen molar-refractivity contribution in [2.75, 3.05) is 6.61 Å². The topological polar surface area (TPSA) is 387 Å². The number of ether oxygens (including phenoxy) is 11. The van der Waals surface area contributed by atoms with Crippen LogP contribution in [0.2, 0.25) is 0 Å². The summed E-state index contributed by atoms with van der Waals surface area (Å²) in [5.74, 6) is 9.00. The van der Waals surface area contributed by atoms with Crippen LogP contribution in [0.25, 0.3) is 0 Å². The van der Waals surface area contributed by atoms with Gasteiger partial charge in [-0.1, -0.05) is 76.2 Å². The molecule has 23 rings (SSSR count). The lowest BCUT2D eigenvalue weighted by atomic mass is 9.49. The molecule has 143 heavy (non-hydrogen) atoms. The minimum atomic E-state index is -0.842. The largest absolute Gasteiger partial charge is 0.481 e. The third kappa shape index (κ3) is 25.4. The summed E-state index contributed by atoms with van der Waals surface area (Å²) < 4.78 is 60.5. The molecule has 23 aliphatic rings. The average Bonchev–Trinajstić information content (AvgIpc) is 1.63. The first kappa shape index (κ1) is 115. The summed E-state index contributed by atoms with van der Waals surface area (Å²) in [5.41, 5.74) is -6.33. The normalized spacial score (nSPS) is 39.0. The molecule has 0 amide bonds. The summed E-state index contributed by atoms with van der Waals surface area (Å²) in [5, 5.41) is 40.4. The summed E-state index contributed by atoms with van der Waals surface area (Å²) in [6, 6.07) is 0. The summed E-state index contributed by atoms with van der Waals surface area (Å²) in [6.07, 6.45) is 33.2. The maximum Gasteiger partial charge on any atom is 0.347 e. The maximum atomic E-state index is 12.6. The number of cyclic esters (lactones) is 1. The van der Waals surface area contributed by atoms with Crippen LogP contribution in [0.3, 0.4) is 0 Å². The fourth-order valence-electron chi connectivity index (χ4n) is 29.5. The molecular weight excluding hydrogens is 1830 g/mol. The molecule has 0 aromatic heterocycles. The van der Waals surface area contributed by atoms with Gasteiger partial charge >= 0.3 is 71.6 Å². The zero-order valence-corrected chi connectivity index (χ0v) is 92.4. The summed E-state index contributed by atoms with van der Waals surface area (Å²) in [4.78, 5) is 140. The lowest BCUT2D eigenvalue weighted by Crippen LogP contribution is -2.67. The van der Waals surface area contributed by atoms with Gasteiger partial charge in [0.2, 0.25) is 6.10 Å². The van der Waals surface area contributed by atoms with E-state index in [1.807, 2.05) is 132 Å². The molecule has 20 aliphatic carbocycles. The molecule has 23 fully saturated rings. The van der Waals surface area contributed by atoms with Gasteiger partial charge in [0, 0.05) is 62.7 Å². The number of esters is 11. The van der Waals surface area contributed by atoms with E-state index in [4.69, 9.17) is 57.2 Å². The number of aliphatic hydroxyl groups is 3. The minimum absolute atomic E-state index is 0.0364. The molecule has 0 aromatic carbocycles. The van der Waals surface area contributed by atoms with Crippen molar-refractivity contribution in [2.45, 2.75) is 494 Å². The van der Waals surface area contributed by atoms with Crippen molar-refractivity contribution in [3.63, 3.8) is 0 Å². The first-order valence-electron chi connectivity index (χ1n) is 56.1. The molecule has 24 atom stereocenters. The van der Waals surface area contributed by atoms with Gasteiger partial charge in [-0.25, -0.2) is 4.79 Å². The summed E-state index contributed by atoms with van der Waals surface area (Å²) >= 11 is 0. The van der Waals surface area contributed by atoms with E-state index in [1.165, 1.54) is 77.6 Å². The fourth-order valence-corrected chi connectivity index (χ4v) is 29.5. The van der Waals surface area contributed by atoms with Crippen LogP contribution in [-0.2, 0) is 110 Å². The molecule has 0 spiro atoms. The standard InChI is InChI=1S/C18H28O2.C18H30O2.C16H26O4.C16H26O3.2C13H18O4.C10H16O4.2C6H12O2/c1-4-18(2,3)17(19)20-14-9-12-8-13(14)16-11-6-5-10(7-11)15(12)16;1-5-17(3,4)16(19)20-18(6-2)14-8-12-7-13(10-14)11-15(18)9-12;1-4-13(2,3)12(17)20-16-7-11-5-14(18,9-16)8-15(19,6-11)10-16;1-4-14(2,3)13(17)19-16-8-11-5-12(9-16)7-15(18,6-11)10-16;2*1-3-6(2)12(14)16-10-7-4-8-9(5-7)13(15)17-11(8)10;1-4-10(2,3)9(12)14-7-5-6-13-8(7)11;1-5(7)8-6(2,3)4;1-4-6(2,3)5(7)8/h10-16H,4-9H2,1-3H3;12-15H,5-11H2,1-4H3;11,18-19H,4-10H2,1-3H3;11-12,18H,4-10H2,1-3H3;2*6-11H,3-5H2,1-2H3;7H,4-6H2,1-3H3;1-4H3;4H2,1-3H3,(H,7,8). The molecule has 24 unspecified atom stereocenters. The van der Waals surface area contributed by atoms with E-state index >= 15 is 0 Å². The van der Waals surface area contributed by atoms with E-state index in [2.05, 4.69) is 20.8 Å². The maximum absolute atomic E-state index is 12.6. The Balaban J connectivity index is 0.000000145. The van der Waals surface area contributed by atoms with Crippen LogP contribution in [0.1, 0.15) is 418 Å². The van der Waals surface area contributed by atoms with Crippen LogP contribution in [0.4, 0.5) is 0 Å². The second-order valence-corrected chi connectivity index (χ2v) is 53.6. The third-order valence-corrected chi connectivity index (χ3v) is 39.4. The fraction of sp³-hybridized carbons (Fsp3) is 0.897. The Bertz CT molecular complexity index is 4410. The number of fused-ring (bicyclic) bond motifs is 11. The van der Waals surface area contributed by atoms with Crippen LogP contribution in [0, 0.1) is 157 Å². The zero-order chi connectivity index (χ0) is 106. The molecule has 4 N–H and O–H groups in total. The molecular formula is C116H186O27. The number of hydrogen-bond acceptors (Lipinski definition) is 26. The summed E-state index contributed by atoms with van der Waals surface area (Å²) in [6.45, 7) is 51.9. The molecule has 3 aliphatic heterocycles. The quantitative estimate of drug-likeness (QED) is 0.0396. The van der Waals surface area contributed by atoms with Crippen molar-refractivity contribution in [1.82, 2.24) is 0 Å². The van der Waals surface area contributed by atoms with Gasteiger partial charge < -0.3 is 72.5 Å². The highest BCUT2D eigenvalue weighted by Gasteiger charge is 2.69. The number of rotatable bonds is 24. The van der Waals surface area contributed by atoms with E-state index in [0.29, 0.717) is 105 Å². The molecule has 27 heteroatoms. The monoisotopic (exact) mass is 2010 g/mol. The van der Waals surface area contributed by atoms with Crippen molar-refractivity contribution in [2.24, 2.45) is 157 Å². The Morgan fingerprint density at radius 3 is 1.15 bits per heavy atom. The number of carbonyl (C=O) groups is 12. The van der Waals surface area contributed by atoms with Crippen LogP contribution < -0.4 is 0 Å². The second-order valence-electron chi connectivity index (χ2n) is 53.6.